The molecule has 78 valence electrons. The van der Waals surface area contributed by atoms with Crippen LogP contribution in [0.25, 0.3) is 11.4 Å². The van der Waals surface area contributed by atoms with Crippen LogP contribution in [0.5, 0.6) is 0 Å². The summed E-state index contributed by atoms with van der Waals surface area (Å²) in [6.45, 7) is 3.83. The summed E-state index contributed by atoms with van der Waals surface area (Å²) in [5.74, 6) is 0.0324. The third-order valence-corrected chi connectivity index (χ3v) is 2.78. The lowest BCUT2D eigenvalue weighted by Crippen LogP contribution is -1.95. The Morgan fingerprint density at radius 3 is 1.69 bits per heavy atom. The number of aromatic nitrogens is 2. The van der Waals surface area contributed by atoms with Crippen molar-refractivity contribution in [1.29, 1.82) is 0 Å². The smallest absolute Gasteiger partial charge is 0.197 e. The van der Waals surface area contributed by atoms with Gasteiger partial charge in [0.05, 0.1) is 11.1 Å². The average molecular weight is 210 g/mol. The summed E-state index contributed by atoms with van der Waals surface area (Å²) in [6, 6.07) is 7.37. The number of ketones is 1. The number of carbonyl (C=O) groups is 1. The van der Waals surface area contributed by atoms with Gasteiger partial charge in [0.1, 0.15) is 11.4 Å². The van der Waals surface area contributed by atoms with Gasteiger partial charge in [-0.25, -0.2) is 0 Å². The minimum absolute atomic E-state index is 0.0324. The van der Waals surface area contributed by atoms with Crippen molar-refractivity contribution in [1.82, 2.24) is 9.97 Å². The normalized spacial score (nSPS) is 12.5. The number of nitrogens with zero attached hydrogens (tertiary/aromatic N) is 2. The molecule has 16 heavy (non-hydrogen) atoms. The van der Waals surface area contributed by atoms with Crippen LogP contribution in [-0.4, -0.2) is 15.8 Å². The fourth-order valence-electron chi connectivity index (χ4n) is 1.99. The first-order valence-electron chi connectivity index (χ1n) is 5.17. The van der Waals surface area contributed by atoms with E-state index < -0.39 is 0 Å². The second-order valence-corrected chi connectivity index (χ2v) is 4.03. The van der Waals surface area contributed by atoms with E-state index in [0.29, 0.717) is 11.1 Å². The number of aryl methyl sites for hydroxylation is 2. The molecule has 0 radical (unpaired) electrons. The molecule has 0 fully saturated rings. The highest BCUT2D eigenvalue weighted by Crippen LogP contribution is 2.33. The number of pyridine rings is 2. The molecular formula is C13H10N2O. The first-order valence-corrected chi connectivity index (χ1v) is 5.17. The number of fused-ring (bicyclic) bond motifs is 3. The summed E-state index contributed by atoms with van der Waals surface area (Å²) in [4.78, 5) is 20.8. The van der Waals surface area contributed by atoms with Crippen LogP contribution in [0.4, 0.5) is 0 Å². The van der Waals surface area contributed by atoms with E-state index in [1.807, 2.05) is 38.1 Å². The third-order valence-electron chi connectivity index (χ3n) is 2.78. The first-order chi connectivity index (χ1) is 7.66. The minimum Gasteiger partial charge on any atom is -0.288 e. The molecule has 2 heterocycles. The summed E-state index contributed by atoms with van der Waals surface area (Å²) in [6.07, 6.45) is 0. The Morgan fingerprint density at radius 1 is 0.812 bits per heavy atom. The lowest BCUT2D eigenvalue weighted by atomic mass is 10.1. The Balaban J connectivity index is 2.37. The zero-order valence-electron chi connectivity index (χ0n) is 9.11. The van der Waals surface area contributed by atoms with Crippen LogP contribution >= 0.6 is 0 Å². The molecule has 0 saturated heterocycles. The van der Waals surface area contributed by atoms with Gasteiger partial charge in [-0.3, -0.25) is 14.8 Å². The molecule has 0 bridgehead atoms. The summed E-state index contributed by atoms with van der Waals surface area (Å²) in [5.41, 5.74) is 4.59. The molecule has 0 aromatic carbocycles. The average Bonchev–Trinajstić information content (AvgIpc) is 2.52. The molecule has 2 aromatic heterocycles. The number of carbonyl (C=O) groups excluding carboxylic acids is 1. The highest BCUT2D eigenvalue weighted by molar-refractivity contribution is 6.20. The lowest BCUT2D eigenvalue weighted by molar-refractivity contribution is 0.104. The highest BCUT2D eigenvalue weighted by Gasteiger charge is 2.29. The van der Waals surface area contributed by atoms with E-state index in [1.165, 1.54) is 0 Å². The van der Waals surface area contributed by atoms with Gasteiger partial charge in [0.2, 0.25) is 0 Å². The molecule has 3 nitrogen and oxygen atoms in total. The summed E-state index contributed by atoms with van der Waals surface area (Å²) >= 11 is 0. The van der Waals surface area contributed by atoms with Gasteiger partial charge in [-0.15, -0.1) is 0 Å². The van der Waals surface area contributed by atoms with Crippen LogP contribution in [0.15, 0.2) is 24.3 Å². The van der Waals surface area contributed by atoms with Crippen LogP contribution in [0.3, 0.4) is 0 Å². The third kappa shape index (κ3) is 1.11. The second-order valence-electron chi connectivity index (χ2n) is 4.03. The summed E-state index contributed by atoms with van der Waals surface area (Å²) in [7, 11) is 0. The standard InChI is InChI=1S/C13H10N2O/c1-7-3-5-9-11(14-7)12-10(13(9)16)6-4-8(2)15-12/h3-6H,1-2H3. The van der Waals surface area contributed by atoms with Crippen molar-refractivity contribution in [2.75, 3.05) is 0 Å². The molecule has 1 aliphatic rings. The maximum Gasteiger partial charge on any atom is 0.197 e. The summed E-state index contributed by atoms with van der Waals surface area (Å²) < 4.78 is 0. The molecule has 2 aromatic rings. The van der Waals surface area contributed by atoms with Crippen LogP contribution in [-0.2, 0) is 0 Å². The molecule has 3 heteroatoms. The van der Waals surface area contributed by atoms with Crippen LogP contribution in [0, 0.1) is 13.8 Å². The SMILES string of the molecule is Cc1ccc2c(n1)-c1nc(C)ccc1C2=O. The van der Waals surface area contributed by atoms with Crippen molar-refractivity contribution in [2.24, 2.45) is 0 Å². The van der Waals surface area contributed by atoms with Crippen molar-refractivity contribution in [2.45, 2.75) is 13.8 Å². The molecular weight excluding hydrogens is 200 g/mol. The molecule has 0 N–H and O–H groups in total. The molecule has 0 spiro atoms. The fourth-order valence-corrected chi connectivity index (χ4v) is 1.99. The Bertz CT molecular complexity index is 564. The van der Waals surface area contributed by atoms with Gasteiger partial charge in [-0.2, -0.15) is 0 Å². The maximum atomic E-state index is 12.0. The summed E-state index contributed by atoms with van der Waals surface area (Å²) in [5, 5.41) is 0. The Kier molecular flexibility index (Phi) is 1.72. The van der Waals surface area contributed by atoms with Gasteiger partial charge in [-0.05, 0) is 38.1 Å². The number of hydrogen-bond donors (Lipinski definition) is 0. The Labute approximate surface area is 93.2 Å². The van der Waals surface area contributed by atoms with Crippen LogP contribution in [0.2, 0.25) is 0 Å². The minimum atomic E-state index is 0.0324. The van der Waals surface area contributed by atoms with Gasteiger partial charge in [0.15, 0.2) is 5.78 Å². The van der Waals surface area contributed by atoms with E-state index in [9.17, 15) is 4.79 Å². The van der Waals surface area contributed by atoms with Crippen LogP contribution in [0.1, 0.15) is 27.3 Å². The van der Waals surface area contributed by atoms with E-state index in [4.69, 9.17) is 0 Å². The molecule has 0 amide bonds. The van der Waals surface area contributed by atoms with Crippen LogP contribution < -0.4 is 0 Å². The maximum absolute atomic E-state index is 12.0. The fraction of sp³-hybridized carbons (Fsp3) is 0.154. The quantitative estimate of drug-likeness (QED) is 0.571. The van der Waals surface area contributed by atoms with E-state index in [0.717, 1.165) is 22.8 Å². The second kappa shape index (κ2) is 2.98. The zero-order chi connectivity index (χ0) is 11.3. The van der Waals surface area contributed by atoms with Crippen molar-refractivity contribution in [3.05, 3.63) is 46.8 Å². The lowest BCUT2D eigenvalue weighted by Gasteiger charge is -2.00. The van der Waals surface area contributed by atoms with E-state index in [2.05, 4.69) is 9.97 Å². The largest absolute Gasteiger partial charge is 0.288 e. The zero-order valence-corrected chi connectivity index (χ0v) is 9.11. The van der Waals surface area contributed by atoms with Gasteiger partial charge in [0, 0.05) is 11.4 Å². The van der Waals surface area contributed by atoms with Gasteiger partial charge in [0.25, 0.3) is 0 Å². The molecule has 0 atom stereocenters. The Morgan fingerprint density at radius 2 is 1.25 bits per heavy atom. The first kappa shape index (κ1) is 9.21. The van der Waals surface area contributed by atoms with Crippen molar-refractivity contribution in [3.8, 4) is 11.4 Å². The number of rotatable bonds is 0. The van der Waals surface area contributed by atoms with Gasteiger partial charge in [-0.1, -0.05) is 0 Å². The van der Waals surface area contributed by atoms with E-state index in [-0.39, 0.29) is 5.78 Å². The molecule has 0 unspecified atom stereocenters. The number of hydrogen-bond acceptors (Lipinski definition) is 3. The van der Waals surface area contributed by atoms with E-state index >= 15 is 0 Å². The van der Waals surface area contributed by atoms with E-state index in [1.54, 1.807) is 0 Å². The monoisotopic (exact) mass is 210 g/mol. The molecule has 0 aliphatic heterocycles. The molecule has 3 rings (SSSR count). The molecule has 0 saturated carbocycles. The van der Waals surface area contributed by atoms with Gasteiger partial charge >= 0.3 is 0 Å². The molecule has 1 aliphatic carbocycles. The predicted octanol–water partition coefficient (Wildman–Crippen LogP) is 2.30. The van der Waals surface area contributed by atoms with Crippen molar-refractivity contribution < 1.29 is 4.79 Å². The highest BCUT2D eigenvalue weighted by atomic mass is 16.1. The van der Waals surface area contributed by atoms with Crippen molar-refractivity contribution in [3.63, 3.8) is 0 Å². The van der Waals surface area contributed by atoms with Crippen molar-refractivity contribution >= 4 is 5.78 Å². The van der Waals surface area contributed by atoms with Gasteiger partial charge < -0.3 is 0 Å². The predicted molar refractivity (Wildman–Crippen MR) is 60.4 cm³/mol. The topological polar surface area (TPSA) is 42.9 Å². The Hall–Kier alpha value is -2.03.